The molecule has 1 aromatic carbocycles. The summed E-state index contributed by atoms with van der Waals surface area (Å²) in [6.07, 6.45) is 4.69. The van der Waals surface area contributed by atoms with Gasteiger partial charge in [-0.2, -0.15) is 0 Å². The van der Waals surface area contributed by atoms with E-state index in [0.29, 0.717) is 22.5 Å². The Kier molecular flexibility index (Phi) is 4.51. The SMILES string of the molecule is Cc1cccc(C(=O)N(CC2CCCNC2)C2CC2)c1Cl. The van der Waals surface area contributed by atoms with Crippen LogP contribution in [0.2, 0.25) is 5.02 Å². The van der Waals surface area contributed by atoms with E-state index in [1.165, 1.54) is 12.8 Å². The van der Waals surface area contributed by atoms with E-state index in [1.54, 1.807) is 0 Å². The van der Waals surface area contributed by atoms with Crippen LogP contribution in [0.25, 0.3) is 0 Å². The number of nitrogens with one attached hydrogen (secondary N) is 1. The number of hydrogen-bond acceptors (Lipinski definition) is 2. The van der Waals surface area contributed by atoms with Gasteiger partial charge >= 0.3 is 0 Å². The van der Waals surface area contributed by atoms with Gasteiger partial charge in [-0.3, -0.25) is 4.79 Å². The fourth-order valence-electron chi connectivity index (χ4n) is 3.11. The normalized spacial score (nSPS) is 22.1. The second kappa shape index (κ2) is 6.37. The highest BCUT2D eigenvalue weighted by Gasteiger charge is 2.35. The monoisotopic (exact) mass is 306 g/mol. The molecule has 1 amide bonds. The van der Waals surface area contributed by atoms with Gasteiger partial charge < -0.3 is 10.2 Å². The van der Waals surface area contributed by atoms with Crippen molar-refractivity contribution in [3.63, 3.8) is 0 Å². The van der Waals surface area contributed by atoms with Crippen LogP contribution in [0.4, 0.5) is 0 Å². The summed E-state index contributed by atoms with van der Waals surface area (Å²) in [5, 5.41) is 4.04. The van der Waals surface area contributed by atoms with Gasteiger partial charge in [0.05, 0.1) is 10.6 Å². The molecule has 114 valence electrons. The van der Waals surface area contributed by atoms with Gasteiger partial charge in [-0.15, -0.1) is 0 Å². The highest BCUT2D eigenvalue weighted by Crippen LogP contribution is 2.32. The van der Waals surface area contributed by atoms with Crippen LogP contribution in [0.5, 0.6) is 0 Å². The fraction of sp³-hybridized carbons (Fsp3) is 0.588. The third kappa shape index (κ3) is 3.41. The van der Waals surface area contributed by atoms with Gasteiger partial charge in [-0.25, -0.2) is 0 Å². The molecule has 0 spiro atoms. The van der Waals surface area contributed by atoms with Crippen LogP contribution in [0.3, 0.4) is 0 Å². The number of nitrogens with zero attached hydrogens (tertiary/aromatic N) is 1. The van der Waals surface area contributed by atoms with E-state index in [-0.39, 0.29) is 5.91 Å². The zero-order chi connectivity index (χ0) is 14.8. The molecular weight excluding hydrogens is 284 g/mol. The lowest BCUT2D eigenvalue weighted by atomic mass is 9.98. The van der Waals surface area contributed by atoms with Crippen molar-refractivity contribution in [2.75, 3.05) is 19.6 Å². The summed E-state index contributed by atoms with van der Waals surface area (Å²) in [7, 11) is 0. The molecule has 0 aromatic heterocycles. The van der Waals surface area contributed by atoms with E-state index in [1.807, 2.05) is 25.1 Å². The van der Waals surface area contributed by atoms with Crippen molar-refractivity contribution in [2.45, 2.75) is 38.6 Å². The lowest BCUT2D eigenvalue weighted by molar-refractivity contribution is 0.0704. The Balaban J connectivity index is 1.76. The van der Waals surface area contributed by atoms with Crippen molar-refractivity contribution in [1.29, 1.82) is 0 Å². The Morgan fingerprint density at radius 2 is 2.19 bits per heavy atom. The number of halogens is 1. The average Bonchev–Trinajstić information content (AvgIpc) is 3.33. The van der Waals surface area contributed by atoms with Gasteiger partial charge in [0.15, 0.2) is 0 Å². The van der Waals surface area contributed by atoms with E-state index in [4.69, 9.17) is 11.6 Å². The highest BCUT2D eigenvalue weighted by atomic mass is 35.5. The van der Waals surface area contributed by atoms with E-state index in [9.17, 15) is 4.79 Å². The Morgan fingerprint density at radius 1 is 1.38 bits per heavy atom. The molecular formula is C17H23ClN2O. The standard InChI is InChI=1S/C17H23ClN2O/c1-12-4-2-6-15(16(12)18)17(21)20(14-7-8-14)11-13-5-3-9-19-10-13/h2,4,6,13-14,19H,3,5,7-11H2,1H3. The molecule has 1 aliphatic carbocycles. The first-order valence-electron chi connectivity index (χ1n) is 7.93. The predicted molar refractivity (Wildman–Crippen MR) is 85.8 cm³/mol. The molecule has 1 saturated carbocycles. The number of aryl methyl sites for hydroxylation is 1. The van der Waals surface area contributed by atoms with Crippen LogP contribution in [0.15, 0.2) is 18.2 Å². The molecule has 1 aromatic rings. The number of piperidine rings is 1. The molecule has 0 bridgehead atoms. The van der Waals surface area contributed by atoms with Gasteiger partial charge in [0.25, 0.3) is 5.91 Å². The molecule has 1 atom stereocenters. The first kappa shape index (κ1) is 14.9. The molecule has 3 rings (SSSR count). The number of hydrogen-bond donors (Lipinski definition) is 1. The fourth-order valence-corrected chi connectivity index (χ4v) is 3.32. The van der Waals surface area contributed by atoms with E-state index in [0.717, 1.165) is 38.0 Å². The maximum Gasteiger partial charge on any atom is 0.255 e. The van der Waals surface area contributed by atoms with Gasteiger partial charge in [0.1, 0.15) is 0 Å². The molecule has 1 aliphatic heterocycles. The lowest BCUT2D eigenvalue weighted by Crippen LogP contribution is -2.42. The third-order valence-corrected chi connectivity index (χ3v) is 5.03. The van der Waals surface area contributed by atoms with Crippen LogP contribution >= 0.6 is 11.6 Å². The van der Waals surface area contributed by atoms with Crippen molar-refractivity contribution < 1.29 is 4.79 Å². The van der Waals surface area contributed by atoms with Gasteiger partial charge in [-0.1, -0.05) is 23.7 Å². The maximum absolute atomic E-state index is 12.9. The summed E-state index contributed by atoms with van der Waals surface area (Å²) in [6, 6.07) is 6.15. The van der Waals surface area contributed by atoms with Crippen LogP contribution < -0.4 is 5.32 Å². The number of amides is 1. The number of carbonyl (C=O) groups excluding carboxylic acids is 1. The van der Waals surface area contributed by atoms with Crippen molar-refractivity contribution in [2.24, 2.45) is 5.92 Å². The topological polar surface area (TPSA) is 32.3 Å². The second-order valence-electron chi connectivity index (χ2n) is 6.34. The predicted octanol–water partition coefficient (Wildman–Crippen LogP) is 3.25. The van der Waals surface area contributed by atoms with E-state index in [2.05, 4.69) is 10.2 Å². The van der Waals surface area contributed by atoms with Crippen molar-refractivity contribution in [3.8, 4) is 0 Å². The quantitative estimate of drug-likeness (QED) is 0.926. The van der Waals surface area contributed by atoms with Crippen LogP contribution in [-0.2, 0) is 0 Å². The molecule has 3 nitrogen and oxygen atoms in total. The molecule has 21 heavy (non-hydrogen) atoms. The molecule has 1 heterocycles. The average molecular weight is 307 g/mol. The molecule has 2 fully saturated rings. The van der Waals surface area contributed by atoms with Crippen molar-refractivity contribution in [1.82, 2.24) is 10.2 Å². The first-order valence-corrected chi connectivity index (χ1v) is 8.31. The van der Waals surface area contributed by atoms with E-state index < -0.39 is 0 Å². The van der Waals surface area contributed by atoms with Crippen LogP contribution in [0, 0.1) is 12.8 Å². The first-order chi connectivity index (χ1) is 10.2. The summed E-state index contributed by atoms with van der Waals surface area (Å²) in [6.45, 7) is 4.95. The Hall–Kier alpha value is -1.06. The largest absolute Gasteiger partial charge is 0.335 e. The minimum atomic E-state index is 0.108. The molecule has 2 aliphatic rings. The molecule has 1 saturated heterocycles. The molecule has 0 radical (unpaired) electrons. The van der Waals surface area contributed by atoms with Crippen LogP contribution in [0.1, 0.15) is 41.6 Å². The molecule has 1 unspecified atom stereocenters. The Labute approximate surface area is 131 Å². The van der Waals surface area contributed by atoms with Gasteiger partial charge in [0, 0.05) is 12.6 Å². The lowest BCUT2D eigenvalue weighted by Gasteiger charge is -2.30. The summed E-state index contributed by atoms with van der Waals surface area (Å²) in [5.41, 5.74) is 1.63. The zero-order valence-corrected chi connectivity index (χ0v) is 13.3. The number of rotatable bonds is 4. The Bertz CT molecular complexity index is 522. The number of benzene rings is 1. The molecule has 4 heteroatoms. The Morgan fingerprint density at radius 3 is 2.86 bits per heavy atom. The zero-order valence-electron chi connectivity index (χ0n) is 12.6. The van der Waals surface area contributed by atoms with Gasteiger partial charge in [0.2, 0.25) is 0 Å². The van der Waals surface area contributed by atoms with Crippen molar-refractivity contribution >= 4 is 17.5 Å². The number of carbonyl (C=O) groups is 1. The minimum Gasteiger partial charge on any atom is -0.335 e. The van der Waals surface area contributed by atoms with E-state index >= 15 is 0 Å². The summed E-state index contributed by atoms with van der Waals surface area (Å²) < 4.78 is 0. The summed E-state index contributed by atoms with van der Waals surface area (Å²) >= 11 is 6.34. The second-order valence-corrected chi connectivity index (χ2v) is 6.72. The third-order valence-electron chi connectivity index (χ3n) is 4.52. The highest BCUT2D eigenvalue weighted by molar-refractivity contribution is 6.34. The molecule has 1 N–H and O–H groups in total. The van der Waals surface area contributed by atoms with Gasteiger partial charge in [-0.05, 0) is 63.2 Å². The summed E-state index contributed by atoms with van der Waals surface area (Å²) in [4.78, 5) is 15.0. The smallest absolute Gasteiger partial charge is 0.255 e. The summed E-state index contributed by atoms with van der Waals surface area (Å²) in [5.74, 6) is 0.684. The maximum atomic E-state index is 12.9. The van der Waals surface area contributed by atoms with Crippen molar-refractivity contribution in [3.05, 3.63) is 34.3 Å². The van der Waals surface area contributed by atoms with Crippen LogP contribution in [-0.4, -0.2) is 36.5 Å². The minimum absolute atomic E-state index is 0.108.